The molecule has 2 N–H and O–H groups in total. The zero-order chi connectivity index (χ0) is 14.5. The zero-order valence-electron chi connectivity index (χ0n) is 11.2. The van der Waals surface area contributed by atoms with Gasteiger partial charge in [0.05, 0.1) is 12.6 Å². The molecule has 0 saturated carbocycles. The van der Waals surface area contributed by atoms with Crippen LogP contribution in [-0.2, 0) is 9.59 Å². The predicted molar refractivity (Wildman–Crippen MR) is 81.2 cm³/mol. The summed E-state index contributed by atoms with van der Waals surface area (Å²) < 4.78 is 0. The van der Waals surface area contributed by atoms with E-state index in [2.05, 4.69) is 5.32 Å². The highest BCUT2D eigenvalue weighted by atomic mass is 32.2. The molecule has 0 bridgehead atoms. The highest BCUT2D eigenvalue weighted by Crippen LogP contribution is 2.19. The molecule has 0 aliphatic carbocycles. The second-order valence-electron chi connectivity index (χ2n) is 4.70. The van der Waals surface area contributed by atoms with Gasteiger partial charge in [-0.3, -0.25) is 14.5 Å². The van der Waals surface area contributed by atoms with Crippen molar-refractivity contribution < 1.29 is 14.7 Å². The summed E-state index contributed by atoms with van der Waals surface area (Å²) in [5.74, 6) is 0.445. The first-order valence-corrected chi connectivity index (χ1v) is 8.48. The van der Waals surface area contributed by atoms with Gasteiger partial charge >= 0.3 is 5.97 Å². The first-order valence-electron chi connectivity index (χ1n) is 6.45. The quantitative estimate of drug-likeness (QED) is 0.860. The lowest BCUT2D eigenvalue weighted by atomic mass is 10.2. The first kappa shape index (κ1) is 15.3. The fourth-order valence-electron chi connectivity index (χ4n) is 2.14. The third kappa shape index (κ3) is 3.97. The Kier molecular flexibility index (Phi) is 5.45. The number of thioether (sulfide) groups is 1. The molecule has 2 heterocycles. The van der Waals surface area contributed by atoms with E-state index in [0.29, 0.717) is 12.3 Å². The van der Waals surface area contributed by atoms with Crippen molar-refractivity contribution in [1.82, 2.24) is 10.2 Å². The SMILES string of the molecule is CC(NC(=O)CN1CCSCC1C(=O)O)c1cccs1. The Hall–Kier alpha value is -1.05. The molecular weight excluding hydrogens is 296 g/mol. The number of hydrogen-bond donors (Lipinski definition) is 2. The molecule has 1 aliphatic rings. The standard InChI is InChI=1S/C13H18N2O3S2/c1-9(11-3-2-5-20-11)14-12(16)7-15-4-6-19-8-10(15)13(17)18/h2-3,5,9-10H,4,6-8H2,1H3,(H,14,16)(H,17,18). The van der Waals surface area contributed by atoms with Crippen molar-refractivity contribution >= 4 is 35.0 Å². The molecule has 0 spiro atoms. The van der Waals surface area contributed by atoms with Crippen LogP contribution in [0.1, 0.15) is 17.8 Å². The van der Waals surface area contributed by atoms with E-state index in [4.69, 9.17) is 5.11 Å². The Balaban J connectivity index is 1.88. The first-order chi connectivity index (χ1) is 9.58. The van der Waals surface area contributed by atoms with Gasteiger partial charge in [-0.2, -0.15) is 11.8 Å². The second kappa shape index (κ2) is 7.10. The zero-order valence-corrected chi connectivity index (χ0v) is 12.9. The Morgan fingerprint density at radius 3 is 3.05 bits per heavy atom. The molecule has 2 rings (SSSR count). The van der Waals surface area contributed by atoms with Crippen molar-refractivity contribution in [2.45, 2.75) is 19.0 Å². The normalized spacial score (nSPS) is 21.4. The molecule has 7 heteroatoms. The van der Waals surface area contributed by atoms with E-state index in [1.165, 1.54) is 0 Å². The van der Waals surface area contributed by atoms with E-state index in [9.17, 15) is 9.59 Å². The fraction of sp³-hybridized carbons (Fsp3) is 0.538. The average molecular weight is 314 g/mol. The van der Waals surface area contributed by atoms with E-state index in [0.717, 1.165) is 10.6 Å². The van der Waals surface area contributed by atoms with Gasteiger partial charge in [0.1, 0.15) is 6.04 Å². The summed E-state index contributed by atoms with van der Waals surface area (Å²) >= 11 is 3.22. The third-order valence-electron chi connectivity index (χ3n) is 3.22. The lowest BCUT2D eigenvalue weighted by molar-refractivity contribution is -0.143. The Morgan fingerprint density at radius 1 is 1.60 bits per heavy atom. The van der Waals surface area contributed by atoms with Gasteiger partial charge in [-0.1, -0.05) is 6.07 Å². The maximum atomic E-state index is 12.0. The van der Waals surface area contributed by atoms with E-state index in [1.807, 2.05) is 24.4 Å². The van der Waals surface area contributed by atoms with Gasteiger partial charge in [0.15, 0.2) is 0 Å². The largest absolute Gasteiger partial charge is 0.480 e. The molecule has 110 valence electrons. The Morgan fingerprint density at radius 2 is 2.40 bits per heavy atom. The number of carboxylic acids is 1. The number of carbonyl (C=O) groups excluding carboxylic acids is 1. The van der Waals surface area contributed by atoms with Crippen LogP contribution in [0.2, 0.25) is 0 Å². The molecule has 5 nitrogen and oxygen atoms in total. The lowest BCUT2D eigenvalue weighted by Gasteiger charge is -2.32. The van der Waals surface area contributed by atoms with Crippen molar-refractivity contribution in [3.8, 4) is 0 Å². The highest BCUT2D eigenvalue weighted by molar-refractivity contribution is 7.99. The smallest absolute Gasteiger partial charge is 0.321 e. The Bertz CT molecular complexity index is 464. The summed E-state index contributed by atoms with van der Waals surface area (Å²) in [6, 6.07) is 3.33. The highest BCUT2D eigenvalue weighted by Gasteiger charge is 2.30. The number of carbonyl (C=O) groups is 2. The van der Waals surface area contributed by atoms with E-state index < -0.39 is 12.0 Å². The molecule has 20 heavy (non-hydrogen) atoms. The number of rotatable bonds is 5. The van der Waals surface area contributed by atoms with Gasteiger partial charge in [0.2, 0.25) is 5.91 Å². The van der Waals surface area contributed by atoms with Crippen LogP contribution < -0.4 is 5.32 Å². The van der Waals surface area contributed by atoms with Crippen LogP contribution >= 0.6 is 23.1 Å². The van der Waals surface area contributed by atoms with Crippen LogP contribution in [0.4, 0.5) is 0 Å². The molecule has 1 amide bonds. The van der Waals surface area contributed by atoms with Crippen LogP contribution in [-0.4, -0.2) is 52.5 Å². The number of hydrogen-bond acceptors (Lipinski definition) is 5. The minimum atomic E-state index is -0.851. The van der Waals surface area contributed by atoms with Crippen LogP contribution in [0, 0.1) is 0 Å². The molecule has 1 aromatic heterocycles. The summed E-state index contributed by atoms with van der Waals surface area (Å²) in [5, 5.41) is 14.1. The van der Waals surface area contributed by atoms with Crippen LogP contribution in [0.3, 0.4) is 0 Å². The van der Waals surface area contributed by atoms with Gasteiger partial charge in [0.25, 0.3) is 0 Å². The topological polar surface area (TPSA) is 69.6 Å². The van der Waals surface area contributed by atoms with Crippen LogP contribution in [0.5, 0.6) is 0 Å². The number of aliphatic carboxylic acids is 1. The number of amides is 1. The molecule has 0 aromatic carbocycles. The molecule has 1 fully saturated rings. The van der Waals surface area contributed by atoms with E-state index in [1.54, 1.807) is 28.0 Å². The summed E-state index contributed by atoms with van der Waals surface area (Å²) in [5.41, 5.74) is 0. The predicted octanol–water partition coefficient (Wildman–Crippen LogP) is 1.43. The van der Waals surface area contributed by atoms with Crippen molar-refractivity contribution in [1.29, 1.82) is 0 Å². The molecule has 1 aliphatic heterocycles. The fourth-order valence-corrected chi connectivity index (χ4v) is 3.98. The molecule has 0 radical (unpaired) electrons. The van der Waals surface area contributed by atoms with Crippen molar-refractivity contribution in [3.63, 3.8) is 0 Å². The third-order valence-corrected chi connectivity index (χ3v) is 5.30. The molecule has 1 aromatic rings. The van der Waals surface area contributed by atoms with E-state index >= 15 is 0 Å². The summed E-state index contributed by atoms with van der Waals surface area (Å²) in [4.78, 5) is 26.1. The van der Waals surface area contributed by atoms with Gasteiger partial charge < -0.3 is 10.4 Å². The Labute approximate surface area is 126 Å². The average Bonchev–Trinajstić information content (AvgIpc) is 2.92. The molecular formula is C13H18N2O3S2. The van der Waals surface area contributed by atoms with Crippen molar-refractivity contribution in [3.05, 3.63) is 22.4 Å². The summed E-state index contributed by atoms with van der Waals surface area (Å²) in [6.07, 6.45) is 0. The number of thiophene rings is 1. The molecule has 2 atom stereocenters. The van der Waals surface area contributed by atoms with Gasteiger partial charge in [-0.15, -0.1) is 11.3 Å². The number of nitrogens with one attached hydrogen (secondary N) is 1. The van der Waals surface area contributed by atoms with Gasteiger partial charge in [0, 0.05) is 22.9 Å². The monoisotopic (exact) mass is 314 g/mol. The second-order valence-corrected chi connectivity index (χ2v) is 6.83. The van der Waals surface area contributed by atoms with Crippen LogP contribution in [0.25, 0.3) is 0 Å². The minimum absolute atomic E-state index is 0.0371. The lowest BCUT2D eigenvalue weighted by Crippen LogP contribution is -2.51. The maximum Gasteiger partial charge on any atom is 0.321 e. The van der Waals surface area contributed by atoms with E-state index in [-0.39, 0.29) is 18.5 Å². The summed E-state index contributed by atoms with van der Waals surface area (Å²) in [6.45, 7) is 2.72. The summed E-state index contributed by atoms with van der Waals surface area (Å²) in [7, 11) is 0. The van der Waals surface area contributed by atoms with Gasteiger partial charge in [-0.05, 0) is 18.4 Å². The maximum absolute atomic E-state index is 12.0. The molecule has 1 saturated heterocycles. The number of nitrogens with zero attached hydrogens (tertiary/aromatic N) is 1. The van der Waals surface area contributed by atoms with Gasteiger partial charge in [-0.25, -0.2) is 0 Å². The van der Waals surface area contributed by atoms with Crippen molar-refractivity contribution in [2.75, 3.05) is 24.6 Å². The number of carboxylic acid groups (broad SMARTS) is 1. The molecule has 2 unspecified atom stereocenters. The van der Waals surface area contributed by atoms with Crippen molar-refractivity contribution in [2.24, 2.45) is 0 Å². The van der Waals surface area contributed by atoms with Crippen LogP contribution in [0.15, 0.2) is 17.5 Å². The minimum Gasteiger partial charge on any atom is -0.480 e.